The summed E-state index contributed by atoms with van der Waals surface area (Å²) in [5.74, 6) is -0.944. The Hall–Kier alpha value is -2.21. The van der Waals surface area contributed by atoms with Crippen LogP contribution < -0.4 is 4.74 Å². The van der Waals surface area contributed by atoms with Gasteiger partial charge in [0.2, 0.25) is 5.75 Å². The van der Waals surface area contributed by atoms with Gasteiger partial charge in [0.05, 0.1) is 0 Å². The van der Waals surface area contributed by atoms with Crippen molar-refractivity contribution in [3.63, 3.8) is 0 Å². The number of ether oxygens (including phenoxy) is 1. The standard InChI is InChI=1S/C17H18O5S/c1-10-9-11-5-3-4-6-12(11)17(10)22-13-7-8-14(23(2,20)21)16(19)15(13)18/h3-8,10,17-19H,9H2,1-2H3/t10-,17?/m1/s1. The van der Waals surface area contributed by atoms with Crippen LogP contribution in [0.1, 0.15) is 24.2 Å². The monoisotopic (exact) mass is 334 g/mol. The fourth-order valence-corrected chi connectivity index (χ4v) is 3.77. The molecule has 2 aromatic rings. The van der Waals surface area contributed by atoms with E-state index in [4.69, 9.17) is 4.74 Å². The normalized spacial score (nSPS) is 20.3. The number of fused-ring (bicyclic) bond motifs is 1. The lowest BCUT2D eigenvalue weighted by atomic mass is 10.1. The second-order valence-electron chi connectivity index (χ2n) is 5.95. The van der Waals surface area contributed by atoms with Crippen molar-refractivity contribution in [1.82, 2.24) is 0 Å². The number of sulfone groups is 1. The third kappa shape index (κ3) is 2.74. The number of phenols is 2. The zero-order chi connectivity index (χ0) is 16.8. The van der Waals surface area contributed by atoms with Gasteiger partial charge < -0.3 is 14.9 Å². The minimum atomic E-state index is -3.62. The maximum atomic E-state index is 11.6. The van der Waals surface area contributed by atoms with Crippen molar-refractivity contribution in [2.75, 3.05) is 6.26 Å². The summed E-state index contributed by atoms with van der Waals surface area (Å²) in [6.07, 6.45) is 1.59. The Morgan fingerprint density at radius 2 is 1.78 bits per heavy atom. The quantitative estimate of drug-likeness (QED) is 0.843. The molecule has 0 saturated heterocycles. The number of rotatable bonds is 3. The van der Waals surface area contributed by atoms with Gasteiger partial charge in [-0.25, -0.2) is 8.42 Å². The summed E-state index contributed by atoms with van der Waals surface area (Å²) in [6.45, 7) is 2.05. The molecule has 0 fully saturated rings. The fraction of sp³-hybridized carbons (Fsp3) is 0.294. The predicted octanol–water partition coefficient (Wildman–Crippen LogP) is 2.81. The highest BCUT2D eigenvalue weighted by Gasteiger charge is 2.32. The van der Waals surface area contributed by atoms with Gasteiger partial charge in [-0.1, -0.05) is 31.2 Å². The van der Waals surface area contributed by atoms with Crippen LogP contribution in [0.25, 0.3) is 0 Å². The van der Waals surface area contributed by atoms with Gasteiger partial charge in [-0.3, -0.25) is 0 Å². The van der Waals surface area contributed by atoms with Gasteiger partial charge >= 0.3 is 0 Å². The molecule has 23 heavy (non-hydrogen) atoms. The molecule has 6 heteroatoms. The molecule has 2 N–H and O–H groups in total. The van der Waals surface area contributed by atoms with Crippen LogP contribution in [0.5, 0.6) is 17.2 Å². The molecule has 0 amide bonds. The van der Waals surface area contributed by atoms with E-state index in [0.717, 1.165) is 18.2 Å². The second-order valence-corrected chi connectivity index (χ2v) is 7.93. The van der Waals surface area contributed by atoms with Crippen LogP contribution in [-0.4, -0.2) is 24.9 Å². The zero-order valence-corrected chi connectivity index (χ0v) is 13.7. The van der Waals surface area contributed by atoms with Crippen LogP contribution in [0.15, 0.2) is 41.3 Å². The molecule has 5 nitrogen and oxygen atoms in total. The van der Waals surface area contributed by atoms with E-state index >= 15 is 0 Å². The van der Waals surface area contributed by atoms with Gasteiger partial charge in [0.1, 0.15) is 11.0 Å². The maximum absolute atomic E-state index is 11.6. The molecule has 0 bridgehead atoms. The lowest BCUT2D eigenvalue weighted by Gasteiger charge is -2.20. The third-order valence-corrected chi connectivity index (χ3v) is 5.28. The molecule has 0 saturated carbocycles. The minimum Gasteiger partial charge on any atom is -0.503 e. The van der Waals surface area contributed by atoms with Crippen LogP contribution in [-0.2, 0) is 16.3 Å². The van der Waals surface area contributed by atoms with Crippen LogP contribution in [0.2, 0.25) is 0 Å². The average molecular weight is 334 g/mol. The Kier molecular flexibility index (Phi) is 3.72. The first-order valence-corrected chi connectivity index (χ1v) is 9.17. The second kappa shape index (κ2) is 5.45. The van der Waals surface area contributed by atoms with E-state index in [2.05, 4.69) is 0 Å². The van der Waals surface area contributed by atoms with E-state index in [1.807, 2.05) is 31.2 Å². The van der Waals surface area contributed by atoms with Gasteiger partial charge in [-0.15, -0.1) is 0 Å². The van der Waals surface area contributed by atoms with E-state index in [9.17, 15) is 18.6 Å². The van der Waals surface area contributed by atoms with Crippen LogP contribution in [0.3, 0.4) is 0 Å². The van der Waals surface area contributed by atoms with Gasteiger partial charge in [-0.2, -0.15) is 0 Å². The van der Waals surface area contributed by atoms with Crippen LogP contribution in [0, 0.1) is 5.92 Å². The fourth-order valence-electron chi connectivity index (χ4n) is 3.01. The van der Waals surface area contributed by atoms with Crippen LogP contribution in [0.4, 0.5) is 0 Å². The highest BCUT2D eigenvalue weighted by molar-refractivity contribution is 7.90. The van der Waals surface area contributed by atoms with Crippen molar-refractivity contribution < 1.29 is 23.4 Å². The zero-order valence-electron chi connectivity index (χ0n) is 12.9. The van der Waals surface area contributed by atoms with Crippen molar-refractivity contribution >= 4 is 9.84 Å². The molecule has 1 aliphatic carbocycles. The molecular formula is C17H18O5S. The van der Waals surface area contributed by atoms with Gasteiger partial charge in [0.25, 0.3) is 0 Å². The predicted molar refractivity (Wildman–Crippen MR) is 85.6 cm³/mol. The first-order chi connectivity index (χ1) is 10.8. The summed E-state index contributed by atoms with van der Waals surface area (Å²) in [5, 5.41) is 20.0. The first kappa shape index (κ1) is 15.7. The molecule has 0 heterocycles. The molecular weight excluding hydrogens is 316 g/mol. The number of phenolic OH excluding ortho intramolecular Hbond substituents is 2. The number of hydrogen-bond donors (Lipinski definition) is 2. The molecule has 0 aliphatic heterocycles. The van der Waals surface area contributed by atoms with E-state index in [1.54, 1.807) is 0 Å². The summed E-state index contributed by atoms with van der Waals surface area (Å²) >= 11 is 0. The molecule has 1 unspecified atom stereocenters. The summed E-state index contributed by atoms with van der Waals surface area (Å²) < 4.78 is 29.0. The summed E-state index contributed by atoms with van der Waals surface area (Å²) in [7, 11) is -3.62. The topological polar surface area (TPSA) is 83.8 Å². The lowest BCUT2D eigenvalue weighted by Crippen LogP contribution is -2.11. The Morgan fingerprint density at radius 1 is 1.09 bits per heavy atom. The van der Waals surface area contributed by atoms with E-state index in [1.165, 1.54) is 17.7 Å². The Balaban J connectivity index is 1.97. The molecule has 0 aromatic heterocycles. The minimum absolute atomic E-state index is 0.0726. The molecule has 0 radical (unpaired) electrons. The number of aromatic hydroxyl groups is 2. The molecule has 2 atom stereocenters. The maximum Gasteiger partial charge on any atom is 0.201 e. The van der Waals surface area contributed by atoms with E-state index in [-0.39, 0.29) is 22.7 Å². The SMILES string of the molecule is C[C@@H]1Cc2ccccc2C1Oc1ccc(S(C)(=O)=O)c(O)c1O. The summed E-state index contributed by atoms with van der Waals surface area (Å²) in [6, 6.07) is 10.5. The lowest BCUT2D eigenvalue weighted by molar-refractivity contribution is 0.152. The molecule has 0 spiro atoms. The largest absolute Gasteiger partial charge is 0.503 e. The number of hydrogen-bond acceptors (Lipinski definition) is 5. The van der Waals surface area contributed by atoms with E-state index in [0.29, 0.717) is 0 Å². The third-order valence-electron chi connectivity index (χ3n) is 4.15. The van der Waals surface area contributed by atoms with Crippen molar-refractivity contribution in [2.24, 2.45) is 5.92 Å². The van der Waals surface area contributed by atoms with Crippen molar-refractivity contribution in [3.8, 4) is 17.2 Å². The summed E-state index contributed by atoms with van der Waals surface area (Å²) in [5.41, 5.74) is 2.24. The Labute approximate surface area is 135 Å². The smallest absolute Gasteiger partial charge is 0.201 e. The average Bonchev–Trinajstić information content (AvgIpc) is 2.79. The highest BCUT2D eigenvalue weighted by atomic mass is 32.2. The summed E-state index contributed by atoms with van der Waals surface area (Å²) in [4.78, 5) is -0.317. The number of benzene rings is 2. The first-order valence-electron chi connectivity index (χ1n) is 7.28. The van der Waals surface area contributed by atoms with E-state index < -0.39 is 21.3 Å². The van der Waals surface area contributed by atoms with Gasteiger partial charge in [-0.05, 0) is 29.7 Å². The van der Waals surface area contributed by atoms with Crippen LogP contribution >= 0.6 is 0 Å². The van der Waals surface area contributed by atoms with Crippen molar-refractivity contribution in [3.05, 3.63) is 47.5 Å². The van der Waals surface area contributed by atoms with Crippen molar-refractivity contribution in [2.45, 2.75) is 24.3 Å². The molecule has 122 valence electrons. The highest BCUT2D eigenvalue weighted by Crippen LogP contribution is 2.45. The molecule has 3 rings (SSSR count). The molecule has 2 aromatic carbocycles. The molecule has 1 aliphatic rings. The van der Waals surface area contributed by atoms with Crippen molar-refractivity contribution in [1.29, 1.82) is 0 Å². The Bertz CT molecular complexity index is 857. The Morgan fingerprint density at radius 3 is 2.48 bits per heavy atom. The van der Waals surface area contributed by atoms with Gasteiger partial charge in [0.15, 0.2) is 21.3 Å². The van der Waals surface area contributed by atoms with Gasteiger partial charge in [0, 0.05) is 12.2 Å².